The lowest BCUT2D eigenvalue weighted by Gasteiger charge is -2.15. The first-order valence-electron chi connectivity index (χ1n) is 18.8. The number of para-hydroxylation sites is 2. The van der Waals surface area contributed by atoms with E-state index in [0.29, 0.717) is 17.5 Å². The van der Waals surface area contributed by atoms with Crippen molar-refractivity contribution in [2.45, 2.75) is 0 Å². The zero-order valence-corrected chi connectivity index (χ0v) is 30.2. The van der Waals surface area contributed by atoms with Gasteiger partial charge in [-0.15, -0.1) is 0 Å². The molecule has 11 aromatic rings. The van der Waals surface area contributed by atoms with Crippen molar-refractivity contribution in [1.82, 2.24) is 19.5 Å². The summed E-state index contributed by atoms with van der Waals surface area (Å²) in [4.78, 5) is 15.5. The molecule has 0 amide bonds. The minimum atomic E-state index is 0.594. The Hall–Kier alpha value is -7.63. The maximum absolute atomic E-state index is 6.48. The first-order chi connectivity index (χ1) is 27.8. The van der Waals surface area contributed by atoms with Crippen LogP contribution < -0.4 is 0 Å². The summed E-state index contributed by atoms with van der Waals surface area (Å²) in [5.74, 6) is 1.82. The van der Waals surface area contributed by atoms with Gasteiger partial charge in [0.1, 0.15) is 11.2 Å². The molecule has 3 aromatic heterocycles. The number of rotatable bonds is 6. The fourth-order valence-corrected chi connectivity index (χ4v) is 8.02. The average Bonchev–Trinajstić information content (AvgIpc) is 3.82. The van der Waals surface area contributed by atoms with Gasteiger partial charge in [0.15, 0.2) is 17.5 Å². The average molecular weight is 717 g/mol. The molecule has 0 fully saturated rings. The van der Waals surface area contributed by atoms with E-state index in [0.717, 1.165) is 82.8 Å². The normalized spacial score (nSPS) is 11.6. The molecule has 3 heterocycles. The molecule has 56 heavy (non-hydrogen) atoms. The van der Waals surface area contributed by atoms with Gasteiger partial charge >= 0.3 is 0 Å². The van der Waals surface area contributed by atoms with Crippen molar-refractivity contribution >= 4 is 43.7 Å². The third-order valence-corrected chi connectivity index (χ3v) is 10.7. The standard InChI is InChI=1S/C51H32N4O/c1-4-14-33(15-5-1)35-24-26-37(27-25-35)50-52-49(36-18-8-3-9-19-36)53-51(54-50)40-20-10-12-22-43(40)55-44-30-28-38(34-16-6-2-7-17-34)32-42(44)39-29-31-46-47(48(39)55)41-21-11-13-23-45(41)56-46/h1-32H. The summed E-state index contributed by atoms with van der Waals surface area (Å²) in [6.45, 7) is 0. The molecule has 0 aliphatic rings. The Balaban J connectivity index is 1.17. The monoisotopic (exact) mass is 716 g/mol. The van der Waals surface area contributed by atoms with E-state index in [2.05, 4.69) is 150 Å². The minimum absolute atomic E-state index is 0.594. The van der Waals surface area contributed by atoms with E-state index in [1.807, 2.05) is 48.5 Å². The number of hydrogen-bond acceptors (Lipinski definition) is 4. The molecule has 0 atom stereocenters. The molecule has 5 heteroatoms. The van der Waals surface area contributed by atoms with E-state index in [1.165, 1.54) is 5.56 Å². The largest absolute Gasteiger partial charge is 0.456 e. The Bertz CT molecular complexity index is 3220. The predicted octanol–water partition coefficient (Wildman–Crippen LogP) is 13.2. The van der Waals surface area contributed by atoms with Crippen LogP contribution in [-0.2, 0) is 0 Å². The second-order valence-electron chi connectivity index (χ2n) is 14.0. The lowest BCUT2D eigenvalue weighted by atomic mass is 10.0. The fraction of sp³-hybridized carbons (Fsp3) is 0. The van der Waals surface area contributed by atoms with Crippen LogP contribution in [-0.4, -0.2) is 19.5 Å². The molecule has 0 aliphatic carbocycles. The molecule has 0 unspecified atom stereocenters. The van der Waals surface area contributed by atoms with Gasteiger partial charge in [-0.05, 0) is 64.7 Å². The van der Waals surface area contributed by atoms with Crippen LogP contribution in [0.2, 0.25) is 0 Å². The summed E-state index contributed by atoms with van der Waals surface area (Å²) >= 11 is 0. The predicted molar refractivity (Wildman–Crippen MR) is 229 cm³/mol. The van der Waals surface area contributed by atoms with Gasteiger partial charge in [-0.2, -0.15) is 0 Å². The van der Waals surface area contributed by atoms with Crippen LogP contribution in [0, 0.1) is 0 Å². The lowest BCUT2D eigenvalue weighted by molar-refractivity contribution is 0.669. The van der Waals surface area contributed by atoms with Crippen molar-refractivity contribution in [3.8, 4) is 62.1 Å². The molecule has 11 rings (SSSR count). The van der Waals surface area contributed by atoms with E-state index < -0.39 is 0 Å². The van der Waals surface area contributed by atoms with Gasteiger partial charge in [-0.25, -0.2) is 15.0 Å². The summed E-state index contributed by atoms with van der Waals surface area (Å²) in [7, 11) is 0. The Morgan fingerprint density at radius 2 is 0.893 bits per heavy atom. The van der Waals surface area contributed by atoms with E-state index in [1.54, 1.807) is 0 Å². The molecule has 0 N–H and O–H groups in total. The highest BCUT2D eigenvalue weighted by molar-refractivity contribution is 6.25. The quantitative estimate of drug-likeness (QED) is 0.172. The van der Waals surface area contributed by atoms with Gasteiger partial charge < -0.3 is 8.98 Å². The van der Waals surface area contributed by atoms with Crippen LogP contribution in [0.3, 0.4) is 0 Å². The molecule has 8 aromatic carbocycles. The van der Waals surface area contributed by atoms with Crippen LogP contribution in [0.25, 0.3) is 106 Å². The number of aromatic nitrogens is 4. The number of fused-ring (bicyclic) bond motifs is 7. The third-order valence-electron chi connectivity index (χ3n) is 10.7. The maximum atomic E-state index is 6.48. The molecule has 0 saturated carbocycles. The van der Waals surface area contributed by atoms with Crippen molar-refractivity contribution in [3.63, 3.8) is 0 Å². The second-order valence-corrected chi connectivity index (χ2v) is 14.0. The third kappa shape index (κ3) is 5.29. The van der Waals surface area contributed by atoms with Crippen molar-refractivity contribution in [1.29, 1.82) is 0 Å². The molecule has 0 bridgehead atoms. The van der Waals surface area contributed by atoms with Crippen molar-refractivity contribution in [3.05, 3.63) is 194 Å². The Kier molecular flexibility index (Phi) is 7.42. The molecular weight excluding hydrogens is 685 g/mol. The van der Waals surface area contributed by atoms with Gasteiger partial charge in [0.25, 0.3) is 0 Å². The fourth-order valence-electron chi connectivity index (χ4n) is 8.02. The molecular formula is C51H32N4O. The highest BCUT2D eigenvalue weighted by Crippen LogP contribution is 2.43. The minimum Gasteiger partial charge on any atom is -0.456 e. The number of hydrogen-bond donors (Lipinski definition) is 0. The summed E-state index contributed by atoms with van der Waals surface area (Å²) in [6, 6.07) is 67.4. The van der Waals surface area contributed by atoms with E-state index in [4.69, 9.17) is 19.4 Å². The maximum Gasteiger partial charge on any atom is 0.166 e. The number of benzene rings is 8. The van der Waals surface area contributed by atoms with Gasteiger partial charge in [0.05, 0.1) is 22.1 Å². The molecule has 0 aliphatic heterocycles. The Morgan fingerprint density at radius 3 is 1.62 bits per heavy atom. The highest BCUT2D eigenvalue weighted by atomic mass is 16.3. The van der Waals surface area contributed by atoms with Gasteiger partial charge in [-0.1, -0.05) is 152 Å². The molecule has 0 spiro atoms. The molecule has 0 saturated heterocycles. The van der Waals surface area contributed by atoms with Crippen molar-refractivity contribution in [2.75, 3.05) is 0 Å². The Morgan fingerprint density at radius 1 is 0.357 bits per heavy atom. The Labute approximate surface area is 322 Å². The molecule has 262 valence electrons. The van der Waals surface area contributed by atoms with Crippen LogP contribution in [0.15, 0.2) is 199 Å². The van der Waals surface area contributed by atoms with Gasteiger partial charge in [0.2, 0.25) is 0 Å². The first kappa shape index (κ1) is 31.9. The SMILES string of the molecule is c1ccc(-c2ccc(-c3nc(-c4ccccc4)nc(-c4ccccc4-n4c5ccc(-c6ccccc6)cc5c5ccc6oc7ccccc7c6c54)n3)cc2)cc1. The number of furan rings is 1. The van der Waals surface area contributed by atoms with Crippen molar-refractivity contribution < 1.29 is 4.42 Å². The summed E-state index contributed by atoms with van der Waals surface area (Å²) in [5.41, 5.74) is 12.2. The zero-order chi connectivity index (χ0) is 37.0. The van der Waals surface area contributed by atoms with E-state index in [9.17, 15) is 0 Å². The molecule has 5 nitrogen and oxygen atoms in total. The van der Waals surface area contributed by atoms with Crippen LogP contribution in [0.5, 0.6) is 0 Å². The zero-order valence-electron chi connectivity index (χ0n) is 30.2. The topological polar surface area (TPSA) is 56.7 Å². The van der Waals surface area contributed by atoms with Gasteiger partial charge in [0, 0.05) is 32.8 Å². The first-order valence-corrected chi connectivity index (χ1v) is 18.8. The van der Waals surface area contributed by atoms with E-state index >= 15 is 0 Å². The summed E-state index contributed by atoms with van der Waals surface area (Å²) in [6.07, 6.45) is 0. The second kappa shape index (κ2) is 13.0. The van der Waals surface area contributed by atoms with Crippen LogP contribution in [0.4, 0.5) is 0 Å². The smallest absolute Gasteiger partial charge is 0.166 e. The highest BCUT2D eigenvalue weighted by Gasteiger charge is 2.23. The molecule has 0 radical (unpaired) electrons. The summed E-state index contributed by atoms with van der Waals surface area (Å²) < 4.78 is 8.85. The van der Waals surface area contributed by atoms with E-state index in [-0.39, 0.29) is 0 Å². The summed E-state index contributed by atoms with van der Waals surface area (Å²) in [5, 5.41) is 4.45. The number of nitrogens with zero attached hydrogens (tertiary/aromatic N) is 4. The lowest BCUT2D eigenvalue weighted by Crippen LogP contribution is -2.03. The van der Waals surface area contributed by atoms with Crippen LogP contribution >= 0.6 is 0 Å². The van der Waals surface area contributed by atoms with Gasteiger partial charge in [-0.3, -0.25) is 0 Å². The van der Waals surface area contributed by atoms with Crippen molar-refractivity contribution in [2.24, 2.45) is 0 Å². The van der Waals surface area contributed by atoms with Crippen LogP contribution in [0.1, 0.15) is 0 Å².